The zero-order chi connectivity index (χ0) is 19.6. The molecular formula is C19H19FN2O4S. The Kier molecular flexibility index (Phi) is 5.27. The van der Waals surface area contributed by atoms with E-state index in [1.165, 1.54) is 36.4 Å². The SMILES string of the molecule is CC1CS(=O)(=O)N(c2ccc(C(=O)NCCc3ccc(F)cc3)cc2)C1=O. The fraction of sp³-hybridized carbons (Fsp3) is 0.263. The molecule has 27 heavy (non-hydrogen) atoms. The lowest BCUT2D eigenvalue weighted by molar-refractivity contribution is -0.119. The predicted octanol–water partition coefficient (Wildman–Crippen LogP) is 2.11. The second kappa shape index (κ2) is 7.48. The van der Waals surface area contributed by atoms with Crippen LogP contribution in [0.1, 0.15) is 22.8 Å². The summed E-state index contributed by atoms with van der Waals surface area (Å²) in [6, 6.07) is 11.9. The van der Waals surface area contributed by atoms with E-state index in [1.54, 1.807) is 19.1 Å². The molecule has 0 aromatic heterocycles. The molecular weight excluding hydrogens is 371 g/mol. The molecule has 8 heteroatoms. The third kappa shape index (κ3) is 4.16. The van der Waals surface area contributed by atoms with Crippen LogP contribution in [0.15, 0.2) is 48.5 Å². The maximum absolute atomic E-state index is 12.9. The van der Waals surface area contributed by atoms with Gasteiger partial charge in [0.15, 0.2) is 0 Å². The van der Waals surface area contributed by atoms with Gasteiger partial charge in [0.2, 0.25) is 15.9 Å². The van der Waals surface area contributed by atoms with E-state index >= 15 is 0 Å². The second-order valence-electron chi connectivity index (χ2n) is 6.46. The molecule has 142 valence electrons. The van der Waals surface area contributed by atoms with Gasteiger partial charge in [-0.05, 0) is 48.4 Å². The zero-order valence-corrected chi connectivity index (χ0v) is 15.5. The van der Waals surface area contributed by atoms with Crippen molar-refractivity contribution < 1.29 is 22.4 Å². The van der Waals surface area contributed by atoms with E-state index < -0.39 is 21.8 Å². The number of hydrogen-bond donors (Lipinski definition) is 1. The van der Waals surface area contributed by atoms with Crippen molar-refractivity contribution in [1.29, 1.82) is 0 Å². The van der Waals surface area contributed by atoms with Gasteiger partial charge in [0, 0.05) is 12.1 Å². The van der Waals surface area contributed by atoms with Gasteiger partial charge in [-0.3, -0.25) is 9.59 Å². The van der Waals surface area contributed by atoms with Gasteiger partial charge in [0.1, 0.15) is 5.82 Å². The number of nitrogens with one attached hydrogen (secondary N) is 1. The highest BCUT2D eigenvalue weighted by Crippen LogP contribution is 2.28. The summed E-state index contributed by atoms with van der Waals surface area (Å²) in [4.78, 5) is 24.3. The molecule has 1 N–H and O–H groups in total. The van der Waals surface area contributed by atoms with Crippen LogP contribution in [0.3, 0.4) is 0 Å². The van der Waals surface area contributed by atoms with Crippen molar-refractivity contribution in [3.63, 3.8) is 0 Å². The molecule has 1 heterocycles. The summed E-state index contributed by atoms with van der Waals surface area (Å²) in [5.41, 5.74) is 1.49. The molecule has 0 bridgehead atoms. The van der Waals surface area contributed by atoms with Gasteiger partial charge in [-0.1, -0.05) is 19.1 Å². The maximum atomic E-state index is 12.9. The average Bonchev–Trinajstić information content (AvgIpc) is 2.84. The van der Waals surface area contributed by atoms with Crippen LogP contribution in [0.25, 0.3) is 0 Å². The Labute approximate surface area is 157 Å². The minimum Gasteiger partial charge on any atom is -0.352 e. The number of sulfonamides is 1. The summed E-state index contributed by atoms with van der Waals surface area (Å²) in [6.45, 7) is 1.95. The number of nitrogens with zero attached hydrogens (tertiary/aromatic N) is 1. The summed E-state index contributed by atoms with van der Waals surface area (Å²) >= 11 is 0. The molecule has 0 spiro atoms. The van der Waals surface area contributed by atoms with E-state index in [4.69, 9.17) is 0 Å². The number of carbonyl (C=O) groups excluding carboxylic acids is 2. The molecule has 2 amide bonds. The van der Waals surface area contributed by atoms with Crippen molar-refractivity contribution in [2.75, 3.05) is 16.6 Å². The highest BCUT2D eigenvalue weighted by Gasteiger charge is 2.41. The van der Waals surface area contributed by atoms with Crippen molar-refractivity contribution >= 4 is 27.5 Å². The van der Waals surface area contributed by atoms with Crippen LogP contribution >= 0.6 is 0 Å². The molecule has 2 aromatic carbocycles. The first kappa shape index (κ1) is 19.0. The van der Waals surface area contributed by atoms with E-state index in [0.717, 1.165) is 9.87 Å². The van der Waals surface area contributed by atoms with Crippen LogP contribution in [0, 0.1) is 11.7 Å². The van der Waals surface area contributed by atoms with Crippen molar-refractivity contribution in [3.8, 4) is 0 Å². The third-order valence-electron chi connectivity index (χ3n) is 4.34. The minimum atomic E-state index is -3.66. The Morgan fingerprint density at radius 2 is 1.78 bits per heavy atom. The topological polar surface area (TPSA) is 83.6 Å². The molecule has 1 atom stereocenters. The smallest absolute Gasteiger partial charge is 0.251 e. The van der Waals surface area contributed by atoms with Crippen LogP contribution in [0.4, 0.5) is 10.1 Å². The lowest BCUT2D eigenvalue weighted by Crippen LogP contribution is -2.30. The second-order valence-corrected chi connectivity index (χ2v) is 8.32. The Hall–Kier alpha value is -2.74. The number of anilines is 1. The van der Waals surface area contributed by atoms with Crippen molar-refractivity contribution in [2.45, 2.75) is 13.3 Å². The molecule has 1 saturated heterocycles. The van der Waals surface area contributed by atoms with Gasteiger partial charge >= 0.3 is 0 Å². The van der Waals surface area contributed by atoms with Gasteiger partial charge in [0.25, 0.3) is 5.91 Å². The largest absolute Gasteiger partial charge is 0.352 e. The number of carbonyl (C=O) groups is 2. The quantitative estimate of drug-likeness (QED) is 0.848. The number of benzene rings is 2. The Bertz CT molecular complexity index is 956. The molecule has 2 aromatic rings. The van der Waals surface area contributed by atoms with Crippen LogP contribution in [0.5, 0.6) is 0 Å². The normalized spacial score (nSPS) is 18.5. The van der Waals surface area contributed by atoms with Gasteiger partial charge in [-0.15, -0.1) is 0 Å². The van der Waals surface area contributed by atoms with Crippen molar-refractivity contribution in [2.24, 2.45) is 5.92 Å². The zero-order valence-electron chi connectivity index (χ0n) is 14.7. The fourth-order valence-electron chi connectivity index (χ4n) is 2.91. The first-order valence-corrected chi connectivity index (χ1v) is 10.1. The molecule has 0 radical (unpaired) electrons. The van der Waals surface area contributed by atoms with Crippen LogP contribution in [-0.4, -0.2) is 32.5 Å². The maximum Gasteiger partial charge on any atom is 0.251 e. The van der Waals surface area contributed by atoms with E-state index in [2.05, 4.69) is 5.32 Å². The van der Waals surface area contributed by atoms with Gasteiger partial charge in [0.05, 0.1) is 17.4 Å². The predicted molar refractivity (Wildman–Crippen MR) is 99.3 cm³/mol. The van der Waals surface area contributed by atoms with Crippen molar-refractivity contribution in [1.82, 2.24) is 5.32 Å². The monoisotopic (exact) mass is 390 g/mol. The van der Waals surface area contributed by atoms with E-state index in [1.807, 2.05) is 0 Å². The summed E-state index contributed by atoms with van der Waals surface area (Å²) in [5.74, 6) is -1.88. The first-order valence-electron chi connectivity index (χ1n) is 8.47. The summed E-state index contributed by atoms with van der Waals surface area (Å²) in [6.07, 6.45) is 0.558. The number of halogens is 1. The molecule has 1 unspecified atom stereocenters. The van der Waals surface area contributed by atoms with E-state index in [0.29, 0.717) is 18.5 Å². The lowest BCUT2D eigenvalue weighted by Gasteiger charge is -2.15. The van der Waals surface area contributed by atoms with Crippen LogP contribution in [-0.2, 0) is 21.2 Å². The summed E-state index contributed by atoms with van der Waals surface area (Å²) < 4.78 is 37.9. The highest BCUT2D eigenvalue weighted by atomic mass is 32.2. The molecule has 0 saturated carbocycles. The summed E-state index contributed by atoms with van der Waals surface area (Å²) in [5, 5.41) is 2.75. The lowest BCUT2D eigenvalue weighted by atomic mass is 10.1. The van der Waals surface area contributed by atoms with Gasteiger partial charge < -0.3 is 5.32 Å². The minimum absolute atomic E-state index is 0.211. The fourth-order valence-corrected chi connectivity index (χ4v) is 4.73. The standard InChI is InChI=1S/C19H19FN2O4S/c1-13-12-27(25,26)22(19(13)24)17-8-4-15(5-9-17)18(23)21-11-10-14-2-6-16(20)7-3-14/h2-9,13H,10-12H2,1H3,(H,21,23). The molecule has 1 fully saturated rings. The van der Waals surface area contributed by atoms with Crippen LogP contribution < -0.4 is 9.62 Å². The first-order chi connectivity index (χ1) is 12.8. The Morgan fingerprint density at radius 3 is 2.33 bits per heavy atom. The molecule has 0 aliphatic carbocycles. The molecule has 3 rings (SSSR count). The Balaban J connectivity index is 1.62. The number of amides is 2. The number of rotatable bonds is 5. The van der Waals surface area contributed by atoms with Crippen LogP contribution in [0.2, 0.25) is 0 Å². The van der Waals surface area contributed by atoms with E-state index in [9.17, 15) is 22.4 Å². The van der Waals surface area contributed by atoms with Gasteiger partial charge in [-0.25, -0.2) is 17.1 Å². The highest BCUT2D eigenvalue weighted by molar-refractivity contribution is 7.94. The van der Waals surface area contributed by atoms with E-state index in [-0.39, 0.29) is 23.2 Å². The average molecular weight is 390 g/mol. The van der Waals surface area contributed by atoms with Crippen molar-refractivity contribution in [3.05, 3.63) is 65.5 Å². The molecule has 1 aliphatic rings. The number of hydrogen-bond acceptors (Lipinski definition) is 4. The Morgan fingerprint density at radius 1 is 1.15 bits per heavy atom. The summed E-state index contributed by atoms with van der Waals surface area (Å²) in [7, 11) is -3.66. The molecule has 1 aliphatic heterocycles. The molecule has 6 nitrogen and oxygen atoms in total. The third-order valence-corrected chi connectivity index (χ3v) is 6.21. The van der Waals surface area contributed by atoms with Gasteiger partial charge in [-0.2, -0.15) is 0 Å².